The maximum absolute atomic E-state index is 13.8. The molecule has 0 saturated heterocycles. The largest absolute Gasteiger partial charge is 0.454 e. The van der Waals surface area contributed by atoms with E-state index in [1.807, 2.05) is 17.7 Å². The summed E-state index contributed by atoms with van der Waals surface area (Å²) in [5.41, 5.74) is 2.81. The number of pyridine rings is 1. The molecule has 4 N–H and O–H groups in total. The number of thioether (sulfide) groups is 1. The summed E-state index contributed by atoms with van der Waals surface area (Å²) in [6, 6.07) is 15.5. The van der Waals surface area contributed by atoms with Crippen molar-refractivity contribution in [1.82, 2.24) is 20.3 Å². The van der Waals surface area contributed by atoms with E-state index < -0.39 is 0 Å². The number of halogens is 1. The van der Waals surface area contributed by atoms with Gasteiger partial charge in [0, 0.05) is 41.2 Å². The predicted octanol–water partition coefficient (Wildman–Crippen LogP) is 5.45. The third-order valence-corrected chi connectivity index (χ3v) is 6.71. The second kappa shape index (κ2) is 11.6. The zero-order valence-electron chi connectivity index (χ0n) is 18.6. The van der Waals surface area contributed by atoms with Crippen molar-refractivity contribution >= 4 is 35.6 Å². The third kappa shape index (κ3) is 6.02. The van der Waals surface area contributed by atoms with E-state index in [-0.39, 0.29) is 11.3 Å². The Morgan fingerprint density at radius 2 is 2.17 bits per heavy atom. The molecule has 1 aromatic heterocycles. The summed E-state index contributed by atoms with van der Waals surface area (Å²) in [5.74, 6) is 0.402. The van der Waals surface area contributed by atoms with Crippen LogP contribution in [0.1, 0.15) is 11.1 Å². The number of allylic oxidation sites excluding steroid dienone is 1. The lowest BCUT2D eigenvalue weighted by Gasteiger charge is -2.16. The van der Waals surface area contributed by atoms with Gasteiger partial charge >= 0.3 is 0 Å². The molecule has 1 atom stereocenters. The number of aromatic nitrogens is 1. The van der Waals surface area contributed by atoms with Gasteiger partial charge in [0.25, 0.3) is 0 Å². The smallest absolute Gasteiger partial charge is 0.155 e. The van der Waals surface area contributed by atoms with Gasteiger partial charge in [0.2, 0.25) is 0 Å². The van der Waals surface area contributed by atoms with Crippen LogP contribution in [-0.2, 0) is 0 Å². The van der Waals surface area contributed by atoms with Gasteiger partial charge in [-0.2, -0.15) is 5.26 Å². The van der Waals surface area contributed by atoms with Crippen LogP contribution in [0.15, 0.2) is 77.3 Å². The maximum atomic E-state index is 13.8. The molecule has 0 spiro atoms. The summed E-state index contributed by atoms with van der Waals surface area (Å²) in [6.45, 7) is 0. The van der Waals surface area contributed by atoms with Gasteiger partial charge in [0.1, 0.15) is 23.1 Å². The molecule has 2 heterocycles. The van der Waals surface area contributed by atoms with Crippen LogP contribution in [-0.4, -0.2) is 23.7 Å². The summed E-state index contributed by atoms with van der Waals surface area (Å²) in [6.07, 6.45) is 6.15. The molecule has 3 aromatic rings. The van der Waals surface area contributed by atoms with Gasteiger partial charge in [-0.3, -0.25) is 4.98 Å². The van der Waals surface area contributed by atoms with Crippen LogP contribution in [0.3, 0.4) is 0 Å². The van der Waals surface area contributed by atoms with Gasteiger partial charge in [0.05, 0.1) is 17.5 Å². The highest BCUT2D eigenvalue weighted by atomic mass is 32.2. The zero-order chi connectivity index (χ0) is 24.6. The van der Waals surface area contributed by atoms with Gasteiger partial charge in [-0.1, -0.05) is 23.9 Å². The van der Waals surface area contributed by atoms with Crippen molar-refractivity contribution in [2.24, 2.45) is 0 Å². The minimum atomic E-state index is -0.361. The monoisotopic (exact) mass is 504 g/mol. The lowest BCUT2D eigenvalue weighted by molar-refractivity contribution is 0.476. The molecule has 0 amide bonds. The molecule has 4 rings (SSSR count). The van der Waals surface area contributed by atoms with E-state index in [1.165, 1.54) is 30.3 Å². The summed E-state index contributed by atoms with van der Waals surface area (Å²) in [4.78, 5) is 5.32. The van der Waals surface area contributed by atoms with Gasteiger partial charge in [-0.05, 0) is 59.8 Å². The van der Waals surface area contributed by atoms with Gasteiger partial charge in [-0.15, -0.1) is 0 Å². The Labute approximate surface area is 211 Å². The fraction of sp³-hybridized carbons (Fsp3) is 0.0800. The molecule has 2 aromatic carbocycles. The summed E-state index contributed by atoms with van der Waals surface area (Å²) in [5, 5.41) is 25.4. The number of ether oxygens (including phenoxy) is 1. The number of rotatable bonds is 9. The lowest BCUT2D eigenvalue weighted by Crippen LogP contribution is -2.28. The lowest BCUT2D eigenvalue weighted by atomic mass is 10.1. The van der Waals surface area contributed by atoms with Crippen molar-refractivity contribution < 1.29 is 9.13 Å². The Morgan fingerprint density at radius 1 is 1.29 bits per heavy atom. The van der Waals surface area contributed by atoms with Crippen LogP contribution in [0, 0.1) is 22.6 Å². The minimum Gasteiger partial charge on any atom is -0.454 e. The Kier molecular flexibility index (Phi) is 8.05. The topological polar surface area (TPSA) is 106 Å². The molecule has 1 aliphatic rings. The highest BCUT2D eigenvalue weighted by Crippen LogP contribution is 2.34. The Bertz CT molecular complexity index is 1330. The number of nitriles is 1. The van der Waals surface area contributed by atoms with Crippen molar-refractivity contribution in [3.05, 3.63) is 89.4 Å². The summed E-state index contributed by atoms with van der Waals surface area (Å²) < 4.78 is 23.2. The minimum absolute atomic E-state index is 0.0623. The second-order valence-corrected chi connectivity index (χ2v) is 9.08. The molecule has 35 heavy (non-hydrogen) atoms. The van der Waals surface area contributed by atoms with Gasteiger partial charge in [-0.25, -0.2) is 9.11 Å². The maximum Gasteiger partial charge on any atom is 0.155 e. The number of hydrogen-bond acceptors (Lipinski definition) is 9. The molecule has 1 aliphatic heterocycles. The van der Waals surface area contributed by atoms with Crippen molar-refractivity contribution in [3.63, 3.8) is 0 Å². The molecule has 176 valence electrons. The first-order valence-electron chi connectivity index (χ1n) is 10.5. The molecular formula is C25H21FN6OS2. The molecule has 0 radical (unpaired) electrons. The number of nitrogens with one attached hydrogen (secondary N) is 4. The molecule has 1 unspecified atom stereocenters. The molecule has 0 saturated carbocycles. The van der Waals surface area contributed by atoms with Gasteiger partial charge < -0.3 is 20.8 Å². The van der Waals surface area contributed by atoms with Crippen molar-refractivity contribution in [2.45, 2.75) is 10.4 Å². The van der Waals surface area contributed by atoms with Crippen LogP contribution >= 0.6 is 23.7 Å². The first kappa shape index (κ1) is 24.3. The highest BCUT2D eigenvalue weighted by Gasteiger charge is 2.16. The third-order valence-electron chi connectivity index (χ3n) is 4.90. The molecule has 0 bridgehead atoms. The van der Waals surface area contributed by atoms with Crippen LogP contribution in [0.25, 0.3) is 17.0 Å². The summed E-state index contributed by atoms with van der Waals surface area (Å²) in [7, 11) is 1.73. The number of hydrogen-bond donors (Lipinski definition) is 4. The second-order valence-electron chi connectivity index (χ2n) is 7.15. The normalized spacial score (nSPS) is 14.8. The first-order chi connectivity index (χ1) is 17.1. The Balaban J connectivity index is 1.65. The fourth-order valence-electron chi connectivity index (χ4n) is 3.27. The number of nitrogens with zero attached hydrogens (tertiary/aromatic N) is 2. The number of benzene rings is 2. The quantitative estimate of drug-likeness (QED) is 0.225. The Morgan fingerprint density at radius 3 is 2.89 bits per heavy atom. The fourth-order valence-corrected chi connectivity index (χ4v) is 4.73. The predicted molar refractivity (Wildman–Crippen MR) is 139 cm³/mol. The van der Waals surface area contributed by atoms with Crippen molar-refractivity contribution in [2.75, 3.05) is 7.05 Å². The average Bonchev–Trinajstić information content (AvgIpc) is 3.41. The molecule has 0 aliphatic carbocycles. The van der Waals surface area contributed by atoms with E-state index in [1.54, 1.807) is 55.2 Å². The van der Waals surface area contributed by atoms with Crippen LogP contribution in [0.4, 0.5) is 4.39 Å². The van der Waals surface area contributed by atoms with E-state index in [0.29, 0.717) is 39.6 Å². The SMILES string of the molecule is CN/C(=C\C=N)c1cc(-c2cccc(F)c2)ncc1Oc1ccc(SNC2NC=CS2)cc1C#N. The van der Waals surface area contributed by atoms with Crippen LogP contribution in [0.5, 0.6) is 11.5 Å². The van der Waals surface area contributed by atoms with E-state index >= 15 is 0 Å². The van der Waals surface area contributed by atoms with Crippen molar-refractivity contribution in [1.29, 1.82) is 10.7 Å². The first-order valence-corrected chi connectivity index (χ1v) is 12.2. The highest BCUT2D eigenvalue weighted by molar-refractivity contribution is 8.04. The van der Waals surface area contributed by atoms with E-state index in [0.717, 1.165) is 11.1 Å². The molecule has 10 heteroatoms. The van der Waals surface area contributed by atoms with E-state index in [2.05, 4.69) is 26.4 Å². The molecular weight excluding hydrogens is 483 g/mol. The summed E-state index contributed by atoms with van der Waals surface area (Å²) >= 11 is 3.03. The van der Waals surface area contributed by atoms with Crippen molar-refractivity contribution in [3.8, 4) is 28.8 Å². The van der Waals surface area contributed by atoms with E-state index in [9.17, 15) is 9.65 Å². The molecule has 0 fully saturated rings. The Hall–Kier alpha value is -3.78. The van der Waals surface area contributed by atoms with Crippen LogP contribution < -0.4 is 20.1 Å². The van der Waals surface area contributed by atoms with Crippen LogP contribution in [0.2, 0.25) is 0 Å². The average molecular weight is 505 g/mol. The zero-order valence-corrected chi connectivity index (χ0v) is 20.2. The molecule has 7 nitrogen and oxygen atoms in total. The van der Waals surface area contributed by atoms with Gasteiger partial charge in [0.15, 0.2) is 5.75 Å². The van der Waals surface area contributed by atoms with E-state index in [4.69, 9.17) is 10.1 Å². The standard InChI is InChI=1S/C25H21FN6OS2/c1-29-21(7-8-27)20-13-22(16-3-2-4-18(26)11-16)31-15-24(20)33-23-6-5-19(12-17(23)14-28)35-32-25-30-9-10-34-25/h2-13,15,25,27,29-30,32H,1H3/b21-7-,27-8?.